The molecular formula is C25H29NO4. The molecule has 0 bridgehead atoms. The second-order valence-corrected chi connectivity index (χ2v) is 8.36. The molecule has 1 amide bonds. The van der Waals surface area contributed by atoms with E-state index in [1.165, 1.54) is 0 Å². The molecule has 30 heavy (non-hydrogen) atoms. The van der Waals surface area contributed by atoms with E-state index in [2.05, 4.69) is 0 Å². The Balaban J connectivity index is 1.63. The molecule has 2 aromatic rings. The van der Waals surface area contributed by atoms with Gasteiger partial charge in [-0.25, -0.2) is 4.79 Å². The van der Waals surface area contributed by atoms with Gasteiger partial charge in [-0.1, -0.05) is 68.5 Å². The zero-order valence-corrected chi connectivity index (χ0v) is 17.5. The number of hydrogen-bond acceptors (Lipinski definition) is 3. The molecule has 0 aromatic heterocycles. The van der Waals surface area contributed by atoms with E-state index in [-0.39, 0.29) is 17.5 Å². The highest BCUT2D eigenvalue weighted by atomic mass is 16.4. The van der Waals surface area contributed by atoms with Crippen molar-refractivity contribution >= 4 is 11.9 Å². The predicted octanol–water partition coefficient (Wildman–Crippen LogP) is 3.81. The van der Waals surface area contributed by atoms with E-state index < -0.39 is 17.5 Å². The van der Waals surface area contributed by atoms with Crippen LogP contribution in [0.5, 0.6) is 0 Å². The van der Waals surface area contributed by atoms with Crippen molar-refractivity contribution in [3.8, 4) is 0 Å². The van der Waals surface area contributed by atoms with Gasteiger partial charge in [0.2, 0.25) is 5.91 Å². The molecule has 0 aliphatic carbocycles. The van der Waals surface area contributed by atoms with Crippen molar-refractivity contribution in [2.24, 2.45) is 0 Å². The third-order valence-electron chi connectivity index (χ3n) is 5.99. The number of carboxylic acid groups (broad SMARTS) is 1. The summed E-state index contributed by atoms with van der Waals surface area (Å²) in [5.74, 6) is -0.831. The Morgan fingerprint density at radius 1 is 1.17 bits per heavy atom. The number of carbonyl (C=O) groups is 2. The van der Waals surface area contributed by atoms with Crippen LogP contribution in [-0.4, -0.2) is 45.7 Å². The van der Waals surface area contributed by atoms with E-state index in [1.807, 2.05) is 61.2 Å². The minimum absolute atomic E-state index is 0.0305. The van der Waals surface area contributed by atoms with Gasteiger partial charge >= 0.3 is 5.97 Å². The lowest BCUT2D eigenvalue weighted by Gasteiger charge is -2.30. The van der Waals surface area contributed by atoms with Gasteiger partial charge in [-0.15, -0.1) is 0 Å². The van der Waals surface area contributed by atoms with Gasteiger partial charge in [0.05, 0.1) is 17.7 Å². The molecule has 1 aliphatic rings. The van der Waals surface area contributed by atoms with Crippen LogP contribution in [0.1, 0.15) is 48.2 Å². The van der Waals surface area contributed by atoms with Gasteiger partial charge in [0.15, 0.2) is 0 Å². The third-order valence-corrected chi connectivity index (χ3v) is 5.99. The third kappa shape index (κ3) is 4.97. The number of aromatic carboxylic acids is 1. The standard InChI is InChI=1S/C25H29NO4/c1-25(2,20-6-4-3-5-7-20)22(27)14-12-21-13-15-23(28)26(21)17-16-18-8-10-19(11-9-18)24(29)30/h3-12,14,21-22,27H,13,15-17H2,1-2H3,(H,29,30)/b14-12+. The van der Waals surface area contributed by atoms with Crippen LogP contribution in [0.4, 0.5) is 0 Å². The number of rotatable bonds is 8. The molecule has 3 rings (SSSR count). The van der Waals surface area contributed by atoms with Crippen molar-refractivity contribution < 1.29 is 19.8 Å². The molecule has 0 spiro atoms. The molecular weight excluding hydrogens is 378 g/mol. The number of carbonyl (C=O) groups excluding carboxylic acids is 1. The lowest BCUT2D eigenvalue weighted by atomic mass is 9.79. The summed E-state index contributed by atoms with van der Waals surface area (Å²) in [5, 5.41) is 19.8. The first-order valence-electron chi connectivity index (χ1n) is 10.3. The monoisotopic (exact) mass is 407 g/mol. The highest BCUT2D eigenvalue weighted by Gasteiger charge is 2.31. The van der Waals surface area contributed by atoms with Gasteiger partial charge in [0.25, 0.3) is 0 Å². The molecule has 5 nitrogen and oxygen atoms in total. The predicted molar refractivity (Wildman–Crippen MR) is 116 cm³/mol. The summed E-state index contributed by atoms with van der Waals surface area (Å²) in [6, 6.07) is 16.6. The summed E-state index contributed by atoms with van der Waals surface area (Å²) in [6.45, 7) is 4.59. The fourth-order valence-corrected chi connectivity index (χ4v) is 3.82. The number of nitrogens with zero attached hydrogens (tertiary/aromatic N) is 1. The average Bonchev–Trinajstić information content (AvgIpc) is 3.10. The Kier molecular flexibility index (Phi) is 6.73. The number of benzene rings is 2. The van der Waals surface area contributed by atoms with Gasteiger partial charge in [-0.05, 0) is 36.1 Å². The molecule has 2 aromatic carbocycles. The molecule has 1 heterocycles. The van der Waals surface area contributed by atoms with Crippen molar-refractivity contribution in [2.75, 3.05) is 6.54 Å². The topological polar surface area (TPSA) is 77.8 Å². The van der Waals surface area contributed by atoms with Crippen molar-refractivity contribution in [1.82, 2.24) is 4.90 Å². The van der Waals surface area contributed by atoms with E-state index in [9.17, 15) is 14.7 Å². The minimum Gasteiger partial charge on any atom is -0.478 e. The second-order valence-electron chi connectivity index (χ2n) is 8.36. The van der Waals surface area contributed by atoms with Gasteiger partial charge in [0.1, 0.15) is 0 Å². The molecule has 5 heteroatoms. The molecule has 0 saturated carbocycles. The summed E-state index contributed by atoms with van der Waals surface area (Å²) in [5.41, 5.74) is 1.88. The fraction of sp³-hybridized carbons (Fsp3) is 0.360. The molecule has 2 N–H and O–H groups in total. The summed E-state index contributed by atoms with van der Waals surface area (Å²) in [4.78, 5) is 25.2. The molecule has 0 radical (unpaired) electrons. The molecule has 2 atom stereocenters. The zero-order valence-electron chi connectivity index (χ0n) is 17.5. The highest BCUT2D eigenvalue weighted by molar-refractivity contribution is 5.87. The summed E-state index contributed by atoms with van der Waals surface area (Å²) in [6.07, 6.45) is 5.00. The van der Waals surface area contributed by atoms with E-state index in [1.54, 1.807) is 24.3 Å². The molecule has 158 valence electrons. The maximum absolute atomic E-state index is 12.4. The van der Waals surface area contributed by atoms with Crippen LogP contribution >= 0.6 is 0 Å². The van der Waals surface area contributed by atoms with Crippen LogP contribution in [0.3, 0.4) is 0 Å². The number of aliphatic hydroxyl groups excluding tert-OH is 1. The Morgan fingerprint density at radius 3 is 2.47 bits per heavy atom. The van der Waals surface area contributed by atoms with Crippen LogP contribution in [0.15, 0.2) is 66.7 Å². The maximum atomic E-state index is 12.4. The minimum atomic E-state index is -0.946. The van der Waals surface area contributed by atoms with E-state index in [0.29, 0.717) is 19.4 Å². The zero-order chi connectivity index (χ0) is 21.7. The maximum Gasteiger partial charge on any atom is 0.335 e. The van der Waals surface area contributed by atoms with E-state index >= 15 is 0 Å². The van der Waals surface area contributed by atoms with Crippen molar-refractivity contribution in [3.63, 3.8) is 0 Å². The van der Waals surface area contributed by atoms with Gasteiger partial charge in [-0.3, -0.25) is 4.79 Å². The van der Waals surface area contributed by atoms with Crippen LogP contribution in [0, 0.1) is 0 Å². The molecule has 2 unspecified atom stereocenters. The summed E-state index contributed by atoms with van der Waals surface area (Å²) < 4.78 is 0. The van der Waals surface area contributed by atoms with Crippen LogP contribution < -0.4 is 0 Å². The van der Waals surface area contributed by atoms with Gasteiger partial charge < -0.3 is 15.1 Å². The van der Waals surface area contributed by atoms with Crippen LogP contribution in [0.25, 0.3) is 0 Å². The Labute approximate surface area is 177 Å². The number of carboxylic acids is 1. The first-order chi connectivity index (χ1) is 14.3. The number of hydrogen-bond donors (Lipinski definition) is 2. The lowest BCUT2D eigenvalue weighted by Crippen LogP contribution is -2.35. The first-order valence-corrected chi connectivity index (χ1v) is 10.3. The Hall–Kier alpha value is -2.92. The van der Waals surface area contributed by atoms with Crippen molar-refractivity contribution in [3.05, 3.63) is 83.4 Å². The summed E-state index contributed by atoms with van der Waals surface area (Å²) in [7, 11) is 0. The van der Waals surface area contributed by atoms with Gasteiger partial charge in [-0.2, -0.15) is 0 Å². The molecule has 1 aliphatic heterocycles. The lowest BCUT2D eigenvalue weighted by molar-refractivity contribution is -0.128. The van der Waals surface area contributed by atoms with E-state index in [4.69, 9.17) is 5.11 Å². The smallest absolute Gasteiger partial charge is 0.335 e. The number of amides is 1. The fourth-order valence-electron chi connectivity index (χ4n) is 3.82. The van der Waals surface area contributed by atoms with E-state index in [0.717, 1.165) is 17.5 Å². The van der Waals surface area contributed by atoms with Crippen molar-refractivity contribution in [2.45, 2.75) is 50.7 Å². The SMILES string of the molecule is CC(C)(c1ccccc1)C(O)/C=C/C1CCC(=O)N1CCc1ccc(C(=O)O)cc1. The summed E-state index contributed by atoms with van der Waals surface area (Å²) >= 11 is 0. The normalized spacial score (nSPS) is 18.2. The quantitative estimate of drug-likeness (QED) is 0.652. The number of likely N-dealkylation sites (tertiary alicyclic amines) is 1. The first kappa shape index (κ1) is 21.8. The van der Waals surface area contributed by atoms with Crippen LogP contribution in [-0.2, 0) is 16.6 Å². The molecule has 1 saturated heterocycles. The van der Waals surface area contributed by atoms with Crippen LogP contribution in [0.2, 0.25) is 0 Å². The molecule has 1 fully saturated rings. The van der Waals surface area contributed by atoms with Gasteiger partial charge in [0, 0.05) is 18.4 Å². The number of aliphatic hydroxyl groups is 1. The Bertz CT molecular complexity index is 903. The largest absolute Gasteiger partial charge is 0.478 e. The average molecular weight is 408 g/mol. The highest BCUT2D eigenvalue weighted by Crippen LogP contribution is 2.29. The second kappa shape index (κ2) is 9.26. The Morgan fingerprint density at radius 2 is 1.83 bits per heavy atom. The van der Waals surface area contributed by atoms with Crippen molar-refractivity contribution in [1.29, 1.82) is 0 Å².